The summed E-state index contributed by atoms with van der Waals surface area (Å²) in [5.41, 5.74) is 0.998. The Balaban J connectivity index is 1.67. The molecular weight excluding hydrogens is 312 g/mol. The van der Waals surface area contributed by atoms with E-state index in [2.05, 4.69) is 37.3 Å². The predicted molar refractivity (Wildman–Crippen MR) is 92.5 cm³/mol. The normalized spacial score (nSPS) is 17.0. The largest absolute Gasteiger partial charge is 0.333 e. The van der Waals surface area contributed by atoms with Crippen molar-refractivity contribution in [3.63, 3.8) is 0 Å². The topological polar surface area (TPSA) is 64.7 Å². The average Bonchev–Trinajstić information content (AvgIpc) is 2.91. The third-order valence-corrected chi connectivity index (χ3v) is 4.29. The number of urea groups is 1. The van der Waals surface area contributed by atoms with Crippen molar-refractivity contribution in [1.82, 2.24) is 20.4 Å². The van der Waals surface area contributed by atoms with Gasteiger partial charge in [-0.05, 0) is 43.2 Å². The summed E-state index contributed by atoms with van der Waals surface area (Å²) >= 11 is 1.72. The van der Waals surface area contributed by atoms with E-state index >= 15 is 0 Å². The molecule has 2 heterocycles. The fourth-order valence-corrected chi connectivity index (χ4v) is 3.15. The van der Waals surface area contributed by atoms with Crippen LogP contribution in [0.4, 0.5) is 4.79 Å². The standard InChI is InChI=1S/C16H26N4O2S/c1-16(2,3)18-15(22)17-14(21)11-20-7-5-19(6-8-20)10-13-4-9-23-12-13/h4,9,12H,5-8,10-11H2,1-3H3,(H2,17,18,21,22). The Bertz CT molecular complexity index is 517. The molecule has 0 aromatic carbocycles. The van der Waals surface area contributed by atoms with Crippen molar-refractivity contribution in [1.29, 1.82) is 0 Å². The van der Waals surface area contributed by atoms with Crippen LogP contribution in [0.25, 0.3) is 0 Å². The Labute approximate surface area is 141 Å². The maximum Gasteiger partial charge on any atom is 0.321 e. The summed E-state index contributed by atoms with van der Waals surface area (Å²) < 4.78 is 0. The summed E-state index contributed by atoms with van der Waals surface area (Å²) in [6.45, 7) is 10.4. The third-order valence-electron chi connectivity index (χ3n) is 3.56. The highest BCUT2D eigenvalue weighted by Gasteiger charge is 2.21. The number of nitrogens with one attached hydrogen (secondary N) is 2. The molecule has 1 saturated heterocycles. The molecule has 23 heavy (non-hydrogen) atoms. The van der Waals surface area contributed by atoms with Gasteiger partial charge in [0.15, 0.2) is 0 Å². The van der Waals surface area contributed by atoms with Gasteiger partial charge >= 0.3 is 6.03 Å². The van der Waals surface area contributed by atoms with E-state index in [0.29, 0.717) is 0 Å². The first-order chi connectivity index (χ1) is 10.8. The number of imide groups is 1. The van der Waals surface area contributed by atoms with E-state index in [0.717, 1.165) is 32.7 Å². The second-order valence-corrected chi connectivity index (χ2v) is 7.72. The van der Waals surface area contributed by atoms with Crippen molar-refractivity contribution < 1.29 is 9.59 Å². The minimum atomic E-state index is -0.432. The molecule has 0 bridgehead atoms. The first-order valence-corrected chi connectivity index (χ1v) is 8.84. The number of amides is 3. The number of hydrogen-bond acceptors (Lipinski definition) is 5. The van der Waals surface area contributed by atoms with Crippen LogP contribution in [0.3, 0.4) is 0 Å². The van der Waals surface area contributed by atoms with Gasteiger partial charge in [0.25, 0.3) is 0 Å². The Morgan fingerprint density at radius 1 is 1.17 bits per heavy atom. The lowest BCUT2D eigenvalue weighted by atomic mass is 10.1. The molecule has 128 valence electrons. The van der Waals surface area contributed by atoms with E-state index in [1.165, 1.54) is 5.56 Å². The Morgan fingerprint density at radius 3 is 2.39 bits per heavy atom. The SMILES string of the molecule is CC(C)(C)NC(=O)NC(=O)CN1CCN(Cc2ccsc2)CC1. The van der Waals surface area contributed by atoms with Crippen LogP contribution in [0.1, 0.15) is 26.3 Å². The van der Waals surface area contributed by atoms with Crippen LogP contribution in [0, 0.1) is 0 Å². The van der Waals surface area contributed by atoms with Crippen molar-refractivity contribution in [3.05, 3.63) is 22.4 Å². The van der Waals surface area contributed by atoms with Gasteiger partial charge in [0.05, 0.1) is 6.54 Å². The number of piperazine rings is 1. The van der Waals surface area contributed by atoms with Crippen molar-refractivity contribution in [2.24, 2.45) is 0 Å². The average molecular weight is 338 g/mol. The Hall–Kier alpha value is -1.44. The lowest BCUT2D eigenvalue weighted by molar-refractivity contribution is -0.121. The van der Waals surface area contributed by atoms with Crippen molar-refractivity contribution >= 4 is 23.3 Å². The number of hydrogen-bond donors (Lipinski definition) is 2. The molecule has 0 radical (unpaired) electrons. The highest BCUT2D eigenvalue weighted by Crippen LogP contribution is 2.11. The lowest BCUT2D eigenvalue weighted by Gasteiger charge is -2.34. The summed E-state index contributed by atoms with van der Waals surface area (Å²) in [7, 11) is 0. The lowest BCUT2D eigenvalue weighted by Crippen LogP contribution is -2.52. The summed E-state index contributed by atoms with van der Waals surface area (Å²) in [5.74, 6) is -0.252. The maximum atomic E-state index is 11.9. The van der Waals surface area contributed by atoms with Crippen LogP contribution >= 0.6 is 11.3 Å². The summed E-state index contributed by atoms with van der Waals surface area (Å²) in [6, 6.07) is 1.72. The van der Waals surface area contributed by atoms with Gasteiger partial charge in [0, 0.05) is 38.3 Å². The minimum absolute atomic E-state index is 0.252. The molecule has 1 aliphatic rings. The van der Waals surface area contributed by atoms with E-state index in [-0.39, 0.29) is 18.0 Å². The molecule has 0 spiro atoms. The first kappa shape index (κ1) is 17.9. The number of rotatable bonds is 4. The van der Waals surface area contributed by atoms with Crippen molar-refractivity contribution in [2.75, 3.05) is 32.7 Å². The molecule has 2 N–H and O–H groups in total. The van der Waals surface area contributed by atoms with Gasteiger partial charge in [-0.1, -0.05) is 0 Å². The predicted octanol–water partition coefficient (Wildman–Crippen LogP) is 1.49. The second-order valence-electron chi connectivity index (χ2n) is 6.94. The highest BCUT2D eigenvalue weighted by molar-refractivity contribution is 7.07. The molecule has 1 aliphatic heterocycles. The van der Waals surface area contributed by atoms with Gasteiger partial charge in [-0.15, -0.1) is 0 Å². The summed E-state index contributed by atoms with van der Waals surface area (Å²) in [4.78, 5) is 28.1. The van der Waals surface area contributed by atoms with E-state index < -0.39 is 6.03 Å². The Morgan fingerprint density at radius 2 is 1.83 bits per heavy atom. The van der Waals surface area contributed by atoms with Crippen LogP contribution in [0.5, 0.6) is 0 Å². The zero-order chi connectivity index (χ0) is 16.9. The van der Waals surface area contributed by atoms with Gasteiger partial charge in [-0.25, -0.2) is 4.79 Å². The molecule has 0 unspecified atom stereocenters. The third kappa shape index (κ3) is 6.68. The molecule has 0 aliphatic carbocycles. The smallest absolute Gasteiger partial charge is 0.321 e. The van der Waals surface area contributed by atoms with E-state index in [1.54, 1.807) is 11.3 Å². The van der Waals surface area contributed by atoms with Crippen LogP contribution in [-0.4, -0.2) is 60.0 Å². The maximum absolute atomic E-state index is 11.9. The van der Waals surface area contributed by atoms with Gasteiger partial charge in [-0.3, -0.25) is 19.9 Å². The molecular formula is C16H26N4O2S. The van der Waals surface area contributed by atoms with Gasteiger partial charge in [0.1, 0.15) is 0 Å². The monoisotopic (exact) mass is 338 g/mol. The fraction of sp³-hybridized carbons (Fsp3) is 0.625. The molecule has 1 aromatic heterocycles. The number of carbonyl (C=O) groups is 2. The summed E-state index contributed by atoms with van der Waals surface area (Å²) in [6.07, 6.45) is 0. The van der Waals surface area contributed by atoms with E-state index in [1.807, 2.05) is 20.8 Å². The van der Waals surface area contributed by atoms with Crippen LogP contribution < -0.4 is 10.6 Å². The number of thiophene rings is 1. The zero-order valence-electron chi connectivity index (χ0n) is 14.1. The van der Waals surface area contributed by atoms with E-state index in [9.17, 15) is 9.59 Å². The van der Waals surface area contributed by atoms with Crippen LogP contribution in [0.15, 0.2) is 16.8 Å². The zero-order valence-corrected chi connectivity index (χ0v) is 14.9. The quantitative estimate of drug-likeness (QED) is 0.873. The Kier molecular flexibility index (Phi) is 6.15. The molecule has 0 saturated carbocycles. The number of nitrogens with zero attached hydrogens (tertiary/aromatic N) is 2. The van der Waals surface area contributed by atoms with Crippen LogP contribution in [0.2, 0.25) is 0 Å². The van der Waals surface area contributed by atoms with Crippen molar-refractivity contribution in [2.45, 2.75) is 32.9 Å². The van der Waals surface area contributed by atoms with Gasteiger partial charge < -0.3 is 5.32 Å². The molecule has 7 heteroatoms. The molecule has 2 rings (SSSR count). The van der Waals surface area contributed by atoms with Crippen molar-refractivity contribution in [3.8, 4) is 0 Å². The molecule has 6 nitrogen and oxygen atoms in total. The fourth-order valence-electron chi connectivity index (χ4n) is 2.49. The second kappa shape index (κ2) is 7.90. The van der Waals surface area contributed by atoms with Crippen LogP contribution in [-0.2, 0) is 11.3 Å². The van der Waals surface area contributed by atoms with Gasteiger partial charge in [-0.2, -0.15) is 11.3 Å². The first-order valence-electron chi connectivity index (χ1n) is 7.89. The highest BCUT2D eigenvalue weighted by atomic mass is 32.1. The summed E-state index contributed by atoms with van der Waals surface area (Å²) in [5, 5.41) is 9.38. The number of carbonyl (C=O) groups excluding carboxylic acids is 2. The minimum Gasteiger partial charge on any atom is -0.333 e. The molecule has 1 fully saturated rings. The molecule has 0 atom stereocenters. The molecule has 3 amide bonds. The van der Waals surface area contributed by atoms with E-state index in [4.69, 9.17) is 0 Å². The van der Waals surface area contributed by atoms with Gasteiger partial charge in [0.2, 0.25) is 5.91 Å². The molecule has 1 aromatic rings.